The lowest BCUT2D eigenvalue weighted by atomic mass is 10.0. The van der Waals surface area contributed by atoms with Gasteiger partial charge in [0.1, 0.15) is 0 Å². The van der Waals surface area contributed by atoms with E-state index in [2.05, 4.69) is 47.2 Å². The number of nitrogens with zero attached hydrogens (tertiary/aromatic N) is 3. The molecule has 2 rings (SSSR count). The molecule has 0 bridgehead atoms. The smallest absolute Gasteiger partial charge is 0.239 e. The van der Waals surface area contributed by atoms with Crippen molar-refractivity contribution < 1.29 is 4.79 Å². The first-order valence-corrected chi connectivity index (χ1v) is 8.96. The Balaban J connectivity index is 0.00000312. The van der Waals surface area contributed by atoms with E-state index >= 15 is 0 Å². The highest BCUT2D eigenvalue weighted by atomic mass is 35.5. The molecular formula is C19H33ClN4O. The second kappa shape index (κ2) is 10.8. The van der Waals surface area contributed by atoms with Gasteiger partial charge in [-0.3, -0.25) is 9.69 Å². The summed E-state index contributed by atoms with van der Waals surface area (Å²) < 4.78 is 0. The second-order valence-electron chi connectivity index (χ2n) is 7.16. The van der Waals surface area contributed by atoms with E-state index in [1.807, 2.05) is 18.7 Å². The summed E-state index contributed by atoms with van der Waals surface area (Å²) in [6.07, 6.45) is 0. The van der Waals surface area contributed by atoms with Crippen molar-refractivity contribution in [1.29, 1.82) is 0 Å². The molecule has 0 spiro atoms. The van der Waals surface area contributed by atoms with Crippen LogP contribution in [-0.4, -0.2) is 73.0 Å². The average molecular weight is 369 g/mol. The SMILES string of the molecule is CC(C)[C@H](N)C(=O)N1CCN(CCN(C)Cc2ccccc2)CC1.Cl. The standard InChI is InChI=1S/C19H32N4O.ClH/c1-16(2)18(20)19(24)23-13-11-22(12-14-23)10-9-21(3)15-17-7-5-4-6-8-17;/h4-8,16,18H,9-15,20H2,1-3H3;1H/t18-;/m0./s1. The van der Waals surface area contributed by atoms with Crippen LogP contribution in [0.25, 0.3) is 0 Å². The van der Waals surface area contributed by atoms with Gasteiger partial charge in [0, 0.05) is 45.8 Å². The molecule has 5 nitrogen and oxygen atoms in total. The van der Waals surface area contributed by atoms with Gasteiger partial charge in [0.25, 0.3) is 0 Å². The third kappa shape index (κ3) is 6.94. The zero-order valence-corrected chi connectivity index (χ0v) is 16.5. The lowest BCUT2D eigenvalue weighted by molar-refractivity contribution is -0.135. The highest BCUT2D eigenvalue weighted by molar-refractivity contribution is 5.85. The molecule has 1 aromatic carbocycles. The molecule has 0 aromatic heterocycles. The predicted molar refractivity (Wildman–Crippen MR) is 106 cm³/mol. The molecule has 142 valence electrons. The number of carbonyl (C=O) groups is 1. The molecule has 1 saturated heterocycles. The maximum absolute atomic E-state index is 12.3. The Kier molecular flexibility index (Phi) is 9.43. The molecular weight excluding hydrogens is 336 g/mol. The number of benzene rings is 1. The number of halogens is 1. The Morgan fingerprint density at radius 3 is 2.32 bits per heavy atom. The summed E-state index contributed by atoms with van der Waals surface area (Å²) in [5, 5.41) is 0. The summed E-state index contributed by atoms with van der Waals surface area (Å²) in [4.78, 5) is 19.0. The van der Waals surface area contributed by atoms with E-state index in [1.165, 1.54) is 5.56 Å². The van der Waals surface area contributed by atoms with Crippen LogP contribution in [0.2, 0.25) is 0 Å². The summed E-state index contributed by atoms with van der Waals surface area (Å²) in [6.45, 7) is 10.5. The lowest BCUT2D eigenvalue weighted by Gasteiger charge is -2.37. The van der Waals surface area contributed by atoms with Gasteiger partial charge in [-0.25, -0.2) is 0 Å². The highest BCUT2D eigenvalue weighted by Gasteiger charge is 2.26. The minimum absolute atomic E-state index is 0. The molecule has 1 amide bonds. The van der Waals surface area contributed by atoms with Gasteiger partial charge in [-0.1, -0.05) is 44.2 Å². The first kappa shape index (κ1) is 21.9. The van der Waals surface area contributed by atoms with Crippen molar-refractivity contribution in [3.05, 3.63) is 35.9 Å². The maximum Gasteiger partial charge on any atom is 0.239 e. The van der Waals surface area contributed by atoms with E-state index in [-0.39, 0.29) is 30.3 Å². The lowest BCUT2D eigenvalue weighted by Crippen LogP contribution is -2.54. The van der Waals surface area contributed by atoms with Crippen molar-refractivity contribution in [2.45, 2.75) is 26.4 Å². The van der Waals surface area contributed by atoms with Gasteiger partial charge in [-0.05, 0) is 18.5 Å². The molecule has 2 N–H and O–H groups in total. The number of amides is 1. The molecule has 1 aromatic rings. The van der Waals surface area contributed by atoms with E-state index in [0.717, 1.165) is 45.8 Å². The van der Waals surface area contributed by atoms with Crippen molar-refractivity contribution >= 4 is 18.3 Å². The van der Waals surface area contributed by atoms with Crippen LogP contribution in [-0.2, 0) is 11.3 Å². The number of hydrogen-bond acceptors (Lipinski definition) is 4. The summed E-state index contributed by atoms with van der Waals surface area (Å²) in [7, 11) is 2.16. The highest BCUT2D eigenvalue weighted by Crippen LogP contribution is 2.08. The summed E-state index contributed by atoms with van der Waals surface area (Å²) in [5.74, 6) is 0.299. The normalized spacial score (nSPS) is 16.8. The second-order valence-corrected chi connectivity index (χ2v) is 7.16. The molecule has 0 aliphatic carbocycles. The van der Waals surface area contributed by atoms with Crippen LogP contribution in [0.15, 0.2) is 30.3 Å². The molecule has 1 aliphatic rings. The fourth-order valence-corrected chi connectivity index (χ4v) is 2.97. The van der Waals surface area contributed by atoms with Crippen LogP contribution >= 0.6 is 12.4 Å². The van der Waals surface area contributed by atoms with Crippen LogP contribution < -0.4 is 5.73 Å². The molecule has 6 heteroatoms. The third-order valence-electron chi connectivity index (χ3n) is 4.78. The van der Waals surface area contributed by atoms with Gasteiger partial charge in [0.05, 0.1) is 6.04 Å². The van der Waals surface area contributed by atoms with Gasteiger partial charge in [0.15, 0.2) is 0 Å². The molecule has 0 radical (unpaired) electrons. The van der Waals surface area contributed by atoms with Crippen molar-refractivity contribution in [3.63, 3.8) is 0 Å². The number of rotatable bonds is 7. The Labute approximate surface area is 158 Å². The van der Waals surface area contributed by atoms with Gasteiger partial charge in [0.2, 0.25) is 5.91 Å². The van der Waals surface area contributed by atoms with Crippen LogP contribution in [0, 0.1) is 5.92 Å². The maximum atomic E-state index is 12.3. The van der Waals surface area contributed by atoms with Crippen LogP contribution in [0.4, 0.5) is 0 Å². The quantitative estimate of drug-likeness (QED) is 0.795. The summed E-state index contributed by atoms with van der Waals surface area (Å²) >= 11 is 0. The Bertz CT molecular complexity index is 503. The van der Waals surface area contributed by atoms with Gasteiger partial charge in [-0.15, -0.1) is 12.4 Å². The van der Waals surface area contributed by atoms with Crippen molar-refractivity contribution in [2.24, 2.45) is 11.7 Å². The number of nitrogens with two attached hydrogens (primary N) is 1. The fraction of sp³-hybridized carbons (Fsp3) is 0.632. The zero-order valence-electron chi connectivity index (χ0n) is 15.7. The van der Waals surface area contributed by atoms with Crippen LogP contribution in [0.5, 0.6) is 0 Å². The third-order valence-corrected chi connectivity index (χ3v) is 4.78. The molecule has 0 unspecified atom stereocenters. The molecule has 1 aliphatic heterocycles. The molecule has 1 fully saturated rings. The molecule has 25 heavy (non-hydrogen) atoms. The minimum atomic E-state index is -0.367. The number of hydrogen-bond donors (Lipinski definition) is 1. The summed E-state index contributed by atoms with van der Waals surface area (Å²) in [6, 6.07) is 10.2. The van der Waals surface area contributed by atoms with Crippen molar-refractivity contribution in [1.82, 2.24) is 14.7 Å². The van der Waals surface area contributed by atoms with E-state index in [4.69, 9.17) is 5.73 Å². The Morgan fingerprint density at radius 1 is 1.16 bits per heavy atom. The van der Waals surface area contributed by atoms with Crippen molar-refractivity contribution in [2.75, 3.05) is 46.3 Å². The summed E-state index contributed by atoms with van der Waals surface area (Å²) in [5.41, 5.74) is 7.33. The van der Waals surface area contributed by atoms with E-state index < -0.39 is 0 Å². The average Bonchev–Trinajstić information content (AvgIpc) is 2.60. The van der Waals surface area contributed by atoms with E-state index in [0.29, 0.717) is 0 Å². The van der Waals surface area contributed by atoms with Crippen molar-refractivity contribution in [3.8, 4) is 0 Å². The number of likely N-dealkylation sites (N-methyl/N-ethyl adjacent to an activating group) is 1. The monoisotopic (exact) mass is 368 g/mol. The predicted octanol–water partition coefficient (Wildman–Crippen LogP) is 1.67. The van der Waals surface area contributed by atoms with E-state index in [1.54, 1.807) is 0 Å². The largest absolute Gasteiger partial charge is 0.339 e. The fourth-order valence-electron chi connectivity index (χ4n) is 2.97. The van der Waals surface area contributed by atoms with Crippen LogP contribution in [0.3, 0.4) is 0 Å². The van der Waals surface area contributed by atoms with E-state index in [9.17, 15) is 4.79 Å². The topological polar surface area (TPSA) is 52.8 Å². The Hall–Kier alpha value is -1.14. The number of piperazine rings is 1. The molecule has 1 heterocycles. The minimum Gasteiger partial charge on any atom is -0.339 e. The Morgan fingerprint density at radius 2 is 1.76 bits per heavy atom. The molecule has 1 atom stereocenters. The van der Waals surface area contributed by atoms with Gasteiger partial charge < -0.3 is 15.5 Å². The zero-order chi connectivity index (χ0) is 17.5. The van der Waals surface area contributed by atoms with Gasteiger partial charge in [-0.2, -0.15) is 0 Å². The number of carbonyl (C=O) groups excluding carboxylic acids is 1. The first-order valence-electron chi connectivity index (χ1n) is 8.96. The van der Waals surface area contributed by atoms with Gasteiger partial charge >= 0.3 is 0 Å². The first-order chi connectivity index (χ1) is 11.5. The van der Waals surface area contributed by atoms with Crippen LogP contribution in [0.1, 0.15) is 19.4 Å². The molecule has 0 saturated carbocycles.